The highest BCUT2D eigenvalue weighted by molar-refractivity contribution is 5.78. The summed E-state index contributed by atoms with van der Waals surface area (Å²) in [6.45, 7) is 6.87. The Hall–Kier alpha value is -0.570. The fraction of sp³-hybridized carbons (Fsp3) is 0.917. The molecule has 3 nitrogen and oxygen atoms in total. The Bertz CT molecular complexity index is 216. The van der Waals surface area contributed by atoms with Crippen LogP contribution in [-0.4, -0.2) is 18.5 Å². The van der Waals surface area contributed by atoms with Crippen LogP contribution in [0.3, 0.4) is 0 Å². The predicted octanol–water partition coefficient (Wildman–Crippen LogP) is 1.52. The quantitative estimate of drug-likeness (QED) is 0.742. The first-order valence-electron chi connectivity index (χ1n) is 6.05. The van der Waals surface area contributed by atoms with Crippen LogP contribution in [0, 0.1) is 17.8 Å². The summed E-state index contributed by atoms with van der Waals surface area (Å²) in [6.07, 6.45) is 3.88. The molecule has 1 saturated carbocycles. The van der Waals surface area contributed by atoms with Crippen LogP contribution in [0.5, 0.6) is 0 Å². The Morgan fingerprint density at radius 1 is 1.47 bits per heavy atom. The Balaban J connectivity index is 2.27. The first-order valence-corrected chi connectivity index (χ1v) is 6.05. The van der Waals surface area contributed by atoms with E-state index in [1.165, 1.54) is 19.3 Å². The van der Waals surface area contributed by atoms with E-state index in [2.05, 4.69) is 12.2 Å². The molecule has 0 aromatic carbocycles. The molecule has 0 aliphatic heterocycles. The van der Waals surface area contributed by atoms with Crippen LogP contribution in [0.15, 0.2) is 0 Å². The molecule has 88 valence electrons. The maximum Gasteiger partial charge on any atom is 0.224 e. The first-order chi connectivity index (χ1) is 7.02. The molecule has 1 fully saturated rings. The van der Waals surface area contributed by atoms with E-state index in [0.717, 1.165) is 12.5 Å². The summed E-state index contributed by atoms with van der Waals surface area (Å²) in [7, 11) is 0. The van der Waals surface area contributed by atoms with E-state index in [0.29, 0.717) is 5.92 Å². The second kappa shape index (κ2) is 5.50. The minimum Gasteiger partial charge on any atom is -0.356 e. The maximum atomic E-state index is 11.7. The van der Waals surface area contributed by atoms with Gasteiger partial charge in [-0.15, -0.1) is 0 Å². The highest BCUT2D eigenvalue weighted by Crippen LogP contribution is 2.30. The van der Waals surface area contributed by atoms with Crippen molar-refractivity contribution in [2.75, 3.05) is 6.54 Å². The Labute approximate surface area is 92.8 Å². The van der Waals surface area contributed by atoms with Crippen molar-refractivity contribution < 1.29 is 4.79 Å². The topological polar surface area (TPSA) is 55.1 Å². The molecule has 15 heavy (non-hydrogen) atoms. The van der Waals surface area contributed by atoms with E-state index in [9.17, 15) is 4.79 Å². The molecule has 3 heteroatoms. The van der Waals surface area contributed by atoms with E-state index >= 15 is 0 Å². The fourth-order valence-electron chi connectivity index (χ4n) is 2.16. The number of rotatable bonds is 4. The van der Waals surface area contributed by atoms with Crippen LogP contribution >= 0.6 is 0 Å². The minimum absolute atomic E-state index is 0.0639. The van der Waals surface area contributed by atoms with Crippen LogP contribution in [0.4, 0.5) is 0 Å². The van der Waals surface area contributed by atoms with Crippen molar-refractivity contribution in [2.24, 2.45) is 23.5 Å². The van der Waals surface area contributed by atoms with Gasteiger partial charge < -0.3 is 11.1 Å². The van der Waals surface area contributed by atoms with Gasteiger partial charge in [-0.2, -0.15) is 0 Å². The van der Waals surface area contributed by atoms with Gasteiger partial charge in [0.25, 0.3) is 0 Å². The van der Waals surface area contributed by atoms with Gasteiger partial charge in [0.15, 0.2) is 0 Å². The summed E-state index contributed by atoms with van der Waals surface area (Å²) in [6, 6.07) is -0.0639. The van der Waals surface area contributed by atoms with Crippen LogP contribution in [0.2, 0.25) is 0 Å². The minimum atomic E-state index is -0.0818. The van der Waals surface area contributed by atoms with Crippen LogP contribution in [0.1, 0.15) is 40.0 Å². The molecule has 1 aliphatic rings. The molecule has 1 rings (SSSR count). The number of hydrogen-bond donors (Lipinski definition) is 2. The number of carbonyl (C=O) groups is 1. The van der Waals surface area contributed by atoms with Crippen LogP contribution < -0.4 is 11.1 Å². The number of nitrogens with two attached hydrogens (primary N) is 1. The largest absolute Gasteiger partial charge is 0.356 e. The molecule has 4 atom stereocenters. The lowest BCUT2D eigenvalue weighted by molar-refractivity contribution is -0.125. The molecular formula is C12H24N2O. The zero-order valence-corrected chi connectivity index (χ0v) is 10.1. The zero-order valence-electron chi connectivity index (χ0n) is 10.1. The van der Waals surface area contributed by atoms with Crippen molar-refractivity contribution in [3.63, 3.8) is 0 Å². The van der Waals surface area contributed by atoms with Crippen molar-refractivity contribution in [3.05, 3.63) is 0 Å². The average Bonchev–Trinajstić information content (AvgIpc) is 2.59. The van der Waals surface area contributed by atoms with E-state index in [1.807, 2.05) is 13.8 Å². The highest BCUT2D eigenvalue weighted by atomic mass is 16.1. The van der Waals surface area contributed by atoms with Crippen molar-refractivity contribution >= 4 is 5.91 Å². The lowest BCUT2D eigenvalue weighted by atomic mass is 9.97. The van der Waals surface area contributed by atoms with Gasteiger partial charge in [0.2, 0.25) is 5.91 Å². The van der Waals surface area contributed by atoms with Crippen molar-refractivity contribution in [3.8, 4) is 0 Å². The third-order valence-corrected chi connectivity index (χ3v) is 3.78. The lowest BCUT2D eigenvalue weighted by Crippen LogP contribution is -2.40. The van der Waals surface area contributed by atoms with Crippen molar-refractivity contribution in [2.45, 2.75) is 46.1 Å². The Kier molecular flexibility index (Phi) is 4.58. The van der Waals surface area contributed by atoms with E-state index in [4.69, 9.17) is 5.73 Å². The van der Waals surface area contributed by atoms with Gasteiger partial charge in [0.1, 0.15) is 0 Å². The van der Waals surface area contributed by atoms with Crippen molar-refractivity contribution in [1.82, 2.24) is 5.32 Å². The standard InChI is InChI=1S/C12H24N2O/c1-8-5-4-6-11(8)7-14-12(15)9(2)10(3)13/h8-11H,4-7,13H2,1-3H3,(H,14,15). The Morgan fingerprint density at radius 2 is 2.13 bits per heavy atom. The van der Waals surface area contributed by atoms with E-state index < -0.39 is 0 Å². The van der Waals surface area contributed by atoms with Gasteiger partial charge in [-0.25, -0.2) is 0 Å². The molecule has 0 saturated heterocycles. The summed E-state index contributed by atoms with van der Waals surface area (Å²) in [5.74, 6) is 1.45. The van der Waals surface area contributed by atoms with E-state index in [-0.39, 0.29) is 17.9 Å². The highest BCUT2D eigenvalue weighted by Gasteiger charge is 2.24. The average molecular weight is 212 g/mol. The molecule has 0 bridgehead atoms. The maximum absolute atomic E-state index is 11.7. The Morgan fingerprint density at radius 3 is 2.60 bits per heavy atom. The summed E-state index contributed by atoms with van der Waals surface area (Å²) >= 11 is 0. The predicted molar refractivity (Wildman–Crippen MR) is 62.3 cm³/mol. The molecule has 3 N–H and O–H groups in total. The molecular weight excluding hydrogens is 188 g/mol. The van der Waals surface area contributed by atoms with Crippen LogP contribution in [0.25, 0.3) is 0 Å². The number of amides is 1. The second-order valence-electron chi connectivity index (χ2n) is 5.06. The smallest absolute Gasteiger partial charge is 0.224 e. The van der Waals surface area contributed by atoms with Gasteiger partial charge >= 0.3 is 0 Å². The number of hydrogen-bond acceptors (Lipinski definition) is 2. The molecule has 1 amide bonds. The van der Waals surface area contributed by atoms with Gasteiger partial charge in [-0.3, -0.25) is 4.79 Å². The molecule has 0 radical (unpaired) electrons. The lowest BCUT2D eigenvalue weighted by Gasteiger charge is -2.19. The molecule has 1 aliphatic carbocycles. The van der Waals surface area contributed by atoms with Gasteiger partial charge in [0, 0.05) is 18.5 Å². The molecule has 0 heterocycles. The van der Waals surface area contributed by atoms with Crippen molar-refractivity contribution in [1.29, 1.82) is 0 Å². The van der Waals surface area contributed by atoms with E-state index in [1.54, 1.807) is 0 Å². The summed E-state index contributed by atoms with van der Waals surface area (Å²) in [4.78, 5) is 11.7. The summed E-state index contributed by atoms with van der Waals surface area (Å²) in [5.41, 5.74) is 5.69. The summed E-state index contributed by atoms with van der Waals surface area (Å²) in [5, 5.41) is 3.02. The van der Waals surface area contributed by atoms with Gasteiger partial charge in [-0.1, -0.05) is 26.7 Å². The number of carbonyl (C=O) groups excluding carboxylic acids is 1. The second-order valence-corrected chi connectivity index (χ2v) is 5.06. The third kappa shape index (κ3) is 3.49. The fourth-order valence-corrected chi connectivity index (χ4v) is 2.16. The number of nitrogens with one attached hydrogen (secondary N) is 1. The molecule has 0 aromatic rings. The zero-order chi connectivity index (χ0) is 11.4. The monoisotopic (exact) mass is 212 g/mol. The van der Waals surface area contributed by atoms with Gasteiger partial charge in [0.05, 0.1) is 0 Å². The van der Waals surface area contributed by atoms with Crippen LogP contribution in [-0.2, 0) is 4.79 Å². The molecule has 0 spiro atoms. The first kappa shape index (κ1) is 12.5. The third-order valence-electron chi connectivity index (χ3n) is 3.78. The normalized spacial score (nSPS) is 29.9. The SMILES string of the molecule is CC(N)C(C)C(=O)NCC1CCCC1C. The van der Waals surface area contributed by atoms with Gasteiger partial charge in [-0.05, 0) is 25.2 Å². The molecule has 4 unspecified atom stereocenters. The molecule has 0 aromatic heterocycles. The summed E-state index contributed by atoms with van der Waals surface area (Å²) < 4.78 is 0.